The number of anilines is 1. The molecule has 0 heterocycles. The first-order valence-corrected chi connectivity index (χ1v) is 8.08. The molecule has 0 atom stereocenters. The molecule has 0 saturated heterocycles. The van der Waals surface area contributed by atoms with Crippen LogP contribution in [0.25, 0.3) is 0 Å². The van der Waals surface area contributed by atoms with E-state index >= 15 is 0 Å². The third-order valence-corrected chi connectivity index (χ3v) is 4.89. The summed E-state index contributed by atoms with van der Waals surface area (Å²) in [6.07, 6.45) is 0. The Hall–Kier alpha value is -1.23. The second-order valence-corrected chi connectivity index (χ2v) is 6.99. The van der Waals surface area contributed by atoms with E-state index in [9.17, 15) is 8.42 Å². The van der Waals surface area contributed by atoms with Gasteiger partial charge in [-0.15, -0.1) is 0 Å². The van der Waals surface area contributed by atoms with Gasteiger partial charge in [-0.2, -0.15) is 0 Å². The molecule has 6 heteroatoms. The standard InChI is InChI=1S/C14H13Cl2NO2S/c1-9-3-6-13(10(2)7-9)17-20(18,19)14-8-11(15)4-5-12(14)16/h3-8,17H,1-2H3. The minimum absolute atomic E-state index is 0.0355. The molecule has 0 radical (unpaired) electrons. The second kappa shape index (κ2) is 5.64. The van der Waals surface area contributed by atoms with Crippen LogP contribution in [0.4, 0.5) is 5.69 Å². The smallest absolute Gasteiger partial charge is 0.263 e. The summed E-state index contributed by atoms with van der Waals surface area (Å²) in [7, 11) is -3.77. The molecule has 0 aliphatic heterocycles. The summed E-state index contributed by atoms with van der Waals surface area (Å²) in [5.41, 5.74) is 2.42. The van der Waals surface area contributed by atoms with E-state index in [0.29, 0.717) is 10.7 Å². The Kier molecular flexibility index (Phi) is 4.28. The Balaban J connectivity index is 2.43. The van der Waals surface area contributed by atoms with Crippen molar-refractivity contribution in [3.8, 4) is 0 Å². The molecular formula is C14H13Cl2NO2S. The SMILES string of the molecule is Cc1ccc(NS(=O)(=O)c2cc(Cl)ccc2Cl)c(C)c1. The lowest BCUT2D eigenvalue weighted by atomic mass is 10.1. The fraction of sp³-hybridized carbons (Fsp3) is 0.143. The Morgan fingerprint density at radius 2 is 1.70 bits per heavy atom. The topological polar surface area (TPSA) is 46.2 Å². The molecule has 0 spiro atoms. The molecular weight excluding hydrogens is 317 g/mol. The quantitative estimate of drug-likeness (QED) is 0.906. The first-order valence-electron chi connectivity index (χ1n) is 5.85. The van der Waals surface area contributed by atoms with Crippen molar-refractivity contribution in [3.05, 3.63) is 57.6 Å². The van der Waals surface area contributed by atoms with Crippen LogP contribution in [0, 0.1) is 13.8 Å². The molecule has 2 aromatic rings. The minimum Gasteiger partial charge on any atom is -0.279 e. The van der Waals surface area contributed by atoms with Crippen LogP contribution in [0.1, 0.15) is 11.1 Å². The van der Waals surface area contributed by atoms with E-state index in [1.54, 1.807) is 12.1 Å². The summed E-state index contributed by atoms with van der Waals surface area (Å²) in [5.74, 6) is 0. The van der Waals surface area contributed by atoms with Crippen molar-refractivity contribution in [1.82, 2.24) is 0 Å². The summed E-state index contributed by atoms with van der Waals surface area (Å²) in [5, 5.41) is 0.446. The highest BCUT2D eigenvalue weighted by atomic mass is 35.5. The zero-order chi connectivity index (χ0) is 14.9. The van der Waals surface area contributed by atoms with E-state index in [0.717, 1.165) is 11.1 Å². The second-order valence-electron chi connectivity index (χ2n) is 4.50. The predicted octanol–water partition coefficient (Wildman–Crippen LogP) is 4.41. The fourth-order valence-corrected chi connectivity index (χ4v) is 3.71. The van der Waals surface area contributed by atoms with Crippen LogP contribution in [0.5, 0.6) is 0 Å². The maximum Gasteiger partial charge on any atom is 0.263 e. The zero-order valence-corrected chi connectivity index (χ0v) is 13.3. The zero-order valence-electron chi connectivity index (χ0n) is 10.9. The highest BCUT2D eigenvalue weighted by Gasteiger charge is 2.19. The van der Waals surface area contributed by atoms with Crippen LogP contribution in [0.2, 0.25) is 10.0 Å². The van der Waals surface area contributed by atoms with Crippen LogP contribution < -0.4 is 4.72 Å². The highest BCUT2D eigenvalue weighted by Crippen LogP contribution is 2.27. The molecule has 0 fully saturated rings. The summed E-state index contributed by atoms with van der Waals surface area (Å²) >= 11 is 11.8. The van der Waals surface area contributed by atoms with Crippen LogP contribution in [-0.2, 0) is 10.0 Å². The van der Waals surface area contributed by atoms with Crippen LogP contribution in [-0.4, -0.2) is 8.42 Å². The van der Waals surface area contributed by atoms with E-state index in [-0.39, 0.29) is 9.92 Å². The molecule has 0 bridgehead atoms. The monoisotopic (exact) mass is 329 g/mol. The lowest BCUT2D eigenvalue weighted by molar-refractivity contribution is 0.601. The van der Waals surface area contributed by atoms with Gasteiger partial charge in [0, 0.05) is 5.02 Å². The van der Waals surface area contributed by atoms with Crippen molar-refractivity contribution in [2.75, 3.05) is 4.72 Å². The molecule has 0 saturated carbocycles. The van der Waals surface area contributed by atoms with Gasteiger partial charge in [-0.1, -0.05) is 40.9 Å². The van der Waals surface area contributed by atoms with E-state index < -0.39 is 10.0 Å². The number of benzene rings is 2. The molecule has 0 aromatic heterocycles. The number of nitrogens with one attached hydrogen (secondary N) is 1. The fourth-order valence-electron chi connectivity index (χ4n) is 1.81. The van der Waals surface area contributed by atoms with Crippen molar-refractivity contribution in [1.29, 1.82) is 0 Å². The van der Waals surface area contributed by atoms with Gasteiger partial charge in [-0.25, -0.2) is 8.42 Å². The van der Waals surface area contributed by atoms with Crippen molar-refractivity contribution in [3.63, 3.8) is 0 Å². The van der Waals surface area contributed by atoms with E-state index in [4.69, 9.17) is 23.2 Å². The van der Waals surface area contributed by atoms with E-state index in [2.05, 4.69) is 4.72 Å². The molecule has 0 amide bonds. The van der Waals surface area contributed by atoms with Gasteiger partial charge in [0.2, 0.25) is 0 Å². The number of sulfonamides is 1. The van der Waals surface area contributed by atoms with Gasteiger partial charge < -0.3 is 0 Å². The number of hydrogen-bond donors (Lipinski definition) is 1. The van der Waals surface area contributed by atoms with E-state index in [1.807, 2.05) is 26.0 Å². The largest absolute Gasteiger partial charge is 0.279 e. The maximum atomic E-state index is 12.4. The van der Waals surface area contributed by atoms with Crippen LogP contribution in [0.3, 0.4) is 0 Å². The van der Waals surface area contributed by atoms with Gasteiger partial charge in [0.25, 0.3) is 10.0 Å². The van der Waals surface area contributed by atoms with Gasteiger partial charge in [0.15, 0.2) is 0 Å². The Bertz CT molecular complexity index is 758. The number of halogens is 2. The Morgan fingerprint density at radius 1 is 1.00 bits per heavy atom. The third-order valence-electron chi connectivity index (χ3n) is 2.81. The first kappa shape index (κ1) is 15.2. The lowest BCUT2D eigenvalue weighted by Crippen LogP contribution is -2.14. The molecule has 106 valence electrons. The summed E-state index contributed by atoms with van der Waals surface area (Å²) in [6, 6.07) is 9.79. The van der Waals surface area contributed by atoms with Gasteiger partial charge >= 0.3 is 0 Å². The summed E-state index contributed by atoms with van der Waals surface area (Å²) in [4.78, 5) is -0.0355. The van der Waals surface area contributed by atoms with Crippen LogP contribution >= 0.6 is 23.2 Å². The van der Waals surface area contributed by atoms with E-state index in [1.165, 1.54) is 12.1 Å². The molecule has 0 aliphatic rings. The van der Waals surface area contributed by atoms with Gasteiger partial charge in [0.1, 0.15) is 4.90 Å². The average Bonchev–Trinajstić information content (AvgIpc) is 2.35. The molecule has 0 aliphatic carbocycles. The maximum absolute atomic E-state index is 12.4. The van der Waals surface area contributed by atoms with Crippen molar-refractivity contribution < 1.29 is 8.42 Å². The normalized spacial score (nSPS) is 11.4. The predicted molar refractivity (Wildman–Crippen MR) is 83.2 cm³/mol. The first-order chi connectivity index (χ1) is 9.29. The Morgan fingerprint density at radius 3 is 2.35 bits per heavy atom. The number of rotatable bonds is 3. The average molecular weight is 330 g/mol. The molecule has 2 aromatic carbocycles. The minimum atomic E-state index is -3.77. The van der Waals surface area contributed by atoms with Gasteiger partial charge in [0.05, 0.1) is 10.7 Å². The molecule has 2 rings (SSSR count). The van der Waals surface area contributed by atoms with Gasteiger partial charge in [-0.05, 0) is 43.7 Å². The van der Waals surface area contributed by atoms with Crippen molar-refractivity contribution >= 4 is 38.9 Å². The molecule has 3 nitrogen and oxygen atoms in total. The molecule has 0 unspecified atom stereocenters. The highest BCUT2D eigenvalue weighted by molar-refractivity contribution is 7.92. The number of hydrogen-bond acceptors (Lipinski definition) is 2. The summed E-state index contributed by atoms with van der Waals surface area (Å²) in [6.45, 7) is 3.78. The molecule has 1 N–H and O–H groups in total. The Labute approximate surface area is 128 Å². The van der Waals surface area contributed by atoms with Crippen molar-refractivity contribution in [2.24, 2.45) is 0 Å². The molecule has 20 heavy (non-hydrogen) atoms. The van der Waals surface area contributed by atoms with Crippen molar-refractivity contribution in [2.45, 2.75) is 18.7 Å². The lowest BCUT2D eigenvalue weighted by Gasteiger charge is -2.12. The number of aryl methyl sites for hydroxylation is 2. The third kappa shape index (κ3) is 3.26. The van der Waals surface area contributed by atoms with Gasteiger partial charge in [-0.3, -0.25) is 4.72 Å². The van der Waals surface area contributed by atoms with Crippen LogP contribution in [0.15, 0.2) is 41.3 Å². The summed E-state index contributed by atoms with van der Waals surface area (Å²) < 4.78 is 27.2.